The molecule has 3 heteroatoms. The largest absolute Gasteiger partial charge is 0.313 e. The first-order valence-electron chi connectivity index (χ1n) is 6.69. The van der Waals surface area contributed by atoms with Crippen LogP contribution in [0.4, 0.5) is 4.39 Å². The van der Waals surface area contributed by atoms with E-state index in [1.165, 1.54) is 44.2 Å². The van der Waals surface area contributed by atoms with E-state index in [1.54, 1.807) is 6.07 Å². The molecule has 2 rings (SSSR count). The molecule has 18 heavy (non-hydrogen) atoms. The van der Waals surface area contributed by atoms with Gasteiger partial charge in [-0.3, -0.25) is 0 Å². The molecule has 0 aliphatic heterocycles. The highest BCUT2D eigenvalue weighted by Crippen LogP contribution is 2.26. The van der Waals surface area contributed by atoms with E-state index >= 15 is 0 Å². The van der Waals surface area contributed by atoms with Crippen LogP contribution in [0.2, 0.25) is 0 Å². The van der Waals surface area contributed by atoms with Gasteiger partial charge in [-0.2, -0.15) is 5.26 Å². The molecule has 1 saturated carbocycles. The molecule has 0 radical (unpaired) electrons. The lowest BCUT2D eigenvalue weighted by molar-refractivity contribution is 0.477. The minimum Gasteiger partial charge on any atom is -0.313 e. The van der Waals surface area contributed by atoms with Gasteiger partial charge >= 0.3 is 0 Å². The van der Waals surface area contributed by atoms with Crippen LogP contribution in [0.15, 0.2) is 18.2 Å². The van der Waals surface area contributed by atoms with Crippen molar-refractivity contribution in [2.75, 3.05) is 6.54 Å². The molecule has 0 bridgehead atoms. The standard InChI is InChI=1S/C15H19FN2/c16-15-6-5-13(10-17)14(9-15)11-18-8-7-12-3-1-2-4-12/h5-6,9,12,18H,1-4,7-8,11H2. The van der Waals surface area contributed by atoms with Crippen molar-refractivity contribution in [3.63, 3.8) is 0 Å². The van der Waals surface area contributed by atoms with Crippen molar-refractivity contribution in [3.05, 3.63) is 35.1 Å². The summed E-state index contributed by atoms with van der Waals surface area (Å²) in [5, 5.41) is 12.3. The number of nitriles is 1. The lowest BCUT2D eigenvalue weighted by Crippen LogP contribution is -2.17. The second kappa shape index (κ2) is 6.51. The molecular weight excluding hydrogens is 227 g/mol. The molecule has 0 aromatic heterocycles. The van der Waals surface area contributed by atoms with Gasteiger partial charge in [0.2, 0.25) is 0 Å². The highest BCUT2D eigenvalue weighted by atomic mass is 19.1. The van der Waals surface area contributed by atoms with Crippen molar-refractivity contribution >= 4 is 0 Å². The van der Waals surface area contributed by atoms with Crippen molar-refractivity contribution in [1.29, 1.82) is 5.26 Å². The second-order valence-electron chi connectivity index (χ2n) is 5.03. The lowest BCUT2D eigenvalue weighted by atomic mass is 10.0. The zero-order chi connectivity index (χ0) is 12.8. The van der Waals surface area contributed by atoms with Gasteiger partial charge in [-0.05, 0) is 42.6 Å². The van der Waals surface area contributed by atoms with E-state index in [9.17, 15) is 4.39 Å². The Morgan fingerprint density at radius 2 is 2.11 bits per heavy atom. The van der Waals surface area contributed by atoms with Gasteiger partial charge in [-0.15, -0.1) is 0 Å². The summed E-state index contributed by atoms with van der Waals surface area (Å²) in [5.74, 6) is 0.585. The van der Waals surface area contributed by atoms with Crippen LogP contribution in [0.1, 0.15) is 43.2 Å². The van der Waals surface area contributed by atoms with E-state index in [0.29, 0.717) is 12.1 Å². The Morgan fingerprint density at radius 1 is 1.33 bits per heavy atom. The van der Waals surface area contributed by atoms with Gasteiger partial charge in [-0.25, -0.2) is 4.39 Å². The van der Waals surface area contributed by atoms with Gasteiger partial charge in [-0.1, -0.05) is 25.7 Å². The minimum atomic E-state index is -0.276. The Kier molecular flexibility index (Phi) is 4.72. The summed E-state index contributed by atoms with van der Waals surface area (Å²) in [6.45, 7) is 1.53. The maximum Gasteiger partial charge on any atom is 0.123 e. The molecule has 0 unspecified atom stereocenters. The third-order valence-corrected chi connectivity index (χ3v) is 3.71. The number of nitrogens with one attached hydrogen (secondary N) is 1. The zero-order valence-electron chi connectivity index (χ0n) is 10.6. The van der Waals surface area contributed by atoms with Crippen LogP contribution in [-0.4, -0.2) is 6.54 Å². The third-order valence-electron chi connectivity index (χ3n) is 3.71. The maximum absolute atomic E-state index is 13.1. The van der Waals surface area contributed by atoms with Gasteiger partial charge in [0.15, 0.2) is 0 Å². The average Bonchev–Trinajstić information content (AvgIpc) is 2.88. The molecule has 0 saturated heterocycles. The molecule has 0 atom stereocenters. The number of halogens is 1. The van der Waals surface area contributed by atoms with Crippen LogP contribution in [0.25, 0.3) is 0 Å². The van der Waals surface area contributed by atoms with Crippen LogP contribution in [-0.2, 0) is 6.54 Å². The van der Waals surface area contributed by atoms with E-state index in [2.05, 4.69) is 11.4 Å². The first-order chi connectivity index (χ1) is 8.79. The second-order valence-corrected chi connectivity index (χ2v) is 5.03. The summed E-state index contributed by atoms with van der Waals surface area (Å²) < 4.78 is 13.1. The van der Waals surface area contributed by atoms with Crippen molar-refractivity contribution < 1.29 is 4.39 Å². The van der Waals surface area contributed by atoms with Gasteiger partial charge in [0.1, 0.15) is 5.82 Å². The first kappa shape index (κ1) is 13.0. The number of nitrogens with zero attached hydrogens (tertiary/aromatic N) is 1. The molecule has 2 nitrogen and oxygen atoms in total. The van der Waals surface area contributed by atoms with Crippen molar-refractivity contribution in [2.45, 2.75) is 38.6 Å². The molecule has 1 fully saturated rings. The number of benzene rings is 1. The van der Waals surface area contributed by atoms with Gasteiger partial charge in [0, 0.05) is 6.54 Å². The van der Waals surface area contributed by atoms with Gasteiger partial charge in [0.05, 0.1) is 11.6 Å². The van der Waals surface area contributed by atoms with Gasteiger partial charge in [0.25, 0.3) is 0 Å². The molecule has 1 aromatic rings. The Bertz CT molecular complexity index is 431. The predicted molar refractivity (Wildman–Crippen MR) is 69.4 cm³/mol. The van der Waals surface area contributed by atoms with E-state index in [-0.39, 0.29) is 5.82 Å². The van der Waals surface area contributed by atoms with Crippen molar-refractivity contribution in [1.82, 2.24) is 5.32 Å². The summed E-state index contributed by atoms with van der Waals surface area (Å²) in [6.07, 6.45) is 6.63. The van der Waals surface area contributed by atoms with Crippen LogP contribution >= 0.6 is 0 Å². The smallest absolute Gasteiger partial charge is 0.123 e. The lowest BCUT2D eigenvalue weighted by Gasteiger charge is -2.10. The highest BCUT2D eigenvalue weighted by Gasteiger charge is 2.14. The number of rotatable bonds is 5. The quantitative estimate of drug-likeness (QED) is 0.808. The van der Waals surface area contributed by atoms with Crippen molar-refractivity contribution in [3.8, 4) is 6.07 Å². The third kappa shape index (κ3) is 3.54. The summed E-state index contributed by atoms with van der Waals surface area (Å²) in [5.41, 5.74) is 1.31. The summed E-state index contributed by atoms with van der Waals surface area (Å²) in [4.78, 5) is 0. The Balaban J connectivity index is 1.79. The average molecular weight is 246 g/mol. The molecule has 0 amide bonds. The molecule has 1 aliphatic rings. The predicted octanol–water partition coefficient (Wildman–Crippen LogP) is 3.37. The molecule has 0 spiro atoms. The fourth-order valence-corrected chi connectivity index (χ4v) is 2.65. The van der Waals surface area contributed by atoms with Crippen molar-refractivity contribution in [2.24, 2.45) is 5.92 Å². The zero-order valence-corrected chi connectivity index (χ0v) is 10.6. The molecule has 96 valence electrons. The minimum absolute atomic E-state index is 0.276. The van der Waals surface area contributed by atoms with E-state index in [1.807, 2.05) is 0 Å². The van der Waals surface area contributed by atoms with Gasteiger partial charge < -0.3 is 5.32 Å². The summed E-state index contributed by atoms with van der Waals surface area (Å²) in [7, 11) is 0. The van der Waals surface area contributed by atoms with Crippen LogP contribution in [0, 0.1) is 23.1 Å². The molecule has 1 N–H and O–H groups in total. The summed E-state index contributed by atoms with van der Waals surface area (Å²) >= 11 is 0. The fraction of sp³-hybridized carbons (Fsp3) is 0.533. The SMILES string of the molecule is N#Cc1ccc(F)cc1CNCCC1CCCC1. The van der Waals surface area contributed by atoms with E-state index < -0.39 is 0 Å². The number of hydrogen-bond acceptors (Lipinski definition) is 2. The van der Waals surface area contributed by atoms with E-state index in [0.717, 1.165) is 18.0 Å². The maximum atomic E-state index is 13.1. The first-order valence-corrected chi connectivity index (χ1v) is 6.69. The molecular formula is C15H19FN2. The van der Waals surface area contributed by atoms with Crippen LogP contribution in [0.5, 0.6) is 0 Å². The topological polar surface area (TPSA) is 35.8 Å². The number of hydrogen-bond donors (Lipinski definition) is 1. The Labute approximate surface area is 108 Å². The van der Waals surface area contributed by atoms with Crippen LogP contribution < -0.4 is 5.32 Å². The Hall–Kier alpha value is -1.40. The molecule has 0 heterocycles. The Morgan fingerprint density at radius 3 is 2.83 bits per heavy atom. The normalized spacial score (nSPS) is 15.8. The van der Waals surface area contributed by atoms with E-state index in [4.69, 9.17) is 5.26 Å². The fourth-order valence-electron chi connectivity index (χ4n) is 2.65. The molecule has 1 aromatic carbocycles. The summed E-state index contributed by atoms with van der Waals surface area (Å²) in [6, 6.07) is 6.42. The van der Waals surface area contributed by atoms with Crippen LogP contribution in [0.3, 0.4) is 0 Å². The monoisotopic (exact) mass is 246 g/mol. The molecule has 1 aliphatic carbocycles. The highest BCUT2D eigenvalue weighted by molar-refractivity contribution is 5.37.